The maximum Gasteiger partial charge on any atom is 0.266 e. The van der Waals surface area contributed by atoms with Gasteiger partial charge < -0.3 is 4.74 Å². The van der Waals surface area contributed by atoms with Crippen molar-refractivity contribution in [3.8, 4) is 5.75 Å². The molecule has 0 fully saturated rings. The number of rotatable bonds is 6. The lowest BCUT2D eigenvalue weighted by atomic mass is 10.1. The van der Waals surface area contributed by atoms with Crippen molar-refractivity contribution in [1.82, 2.24) is 9.36 Å². The van der Waals surface area contributed by atoms with Crippen LogP contribution in [0.2, 0.25) is 0 Å². The van der Waals surface area contributed by atoms with E-state index in [1.165, 1.54) is 10.6 Å². The van der Waals surface area contributed by atoms with E-state index in [4.69, 9.17) is 4.74 Å². The van der Waals surface area contributed by atoms with Gasteiger partial charge in [-0.05, 0) is 46.7 Å². The molecule has 0 atom stereocenters. The summed E-state index contributed by atoms with van der Waals surface area (Å²) >= 11 is 4.54. The second-order valence-corrected chi connectivity index (χ2v) is 9.68. The number of sulfonamides is 1. The molecule has 0 spiro atoms. The predicted molar refractivity (Wildman–Crippen MR) is 118 cm³/mol. The van der Waals surface area contributed by atoms with E-state index in [9.17, 15) is 8.42 Å². The Morgan fingerprint density at radius 2 is 1.90 bits per heavy atom. The van der Waals surface area contributed by atoms with Crippen LogP contribution in [0.25, 0.3) is 10.8 Å². The van der Waals surface area contributed by atoms with Crippen LogP contribution in [0.3, 0.4) is 0 Å². The molecule has 0 saturated carbocycles. The fourth-order valence-corrected chi connectivity index (χ4v) is 5.63. The van der Waals surface area contributed by atoms with Crippen LogP contribution in [0.4, 0.5) is 5.13 Å². The Morgan fingerprint density at radius 3 is 2.59 bits per heavy atom. The van der Waals surface area contributed by atoms with Gasteiger partial charge in [0, 0.05) is 16.0 Å². The minimum Gasteiger partial charge on any atom is -0.497 e. The highest BCUT2D eigenvalue weighted by Crippen LogP contribution is 2.30. The Balaban J connectivity index is 1.76. The highest BCUT2D eigenvalue weighted by molar-refractivity contribution is 9.10. The Kier molecular flexibility index (Phi) is 5.53. The van der Waals surface area contributed by atoms with Gasteiger partial charge in [0.25, 0.3) is 10.0 Å². The lowest BCUT2D eigenvalue weighted by molar-refractivity contribution is 0.414. The number of nitrogens with zero attached hydrogens (tertiary/aromatic N) is 3. The third kappa shape index (κ3) is 3.98. The third-order valence-electron chi connectivity index (χ3n) is 4.43. The van der Waals surface area contributed by atoms with Gasteiger partial charge in [-0.3, -0.25) is 0 Å². The number of benzene rings is 3. The van der Waals surface area contributed by atoms with E-state index in [-0.39, 0.29) is 11.4 Å². The Hall–Kier alpha value is -2.49. The maximum absolute atomic E-state index is 13.5. The number of methoxy groups -OCH3 is 1. The van der Waals surface area contributed by atoms with Crippen molar-refractivity contribution in [2.24, 2.45) is 0 Å². The molecule has 4 aromatic rings. The van der Waals surface area contributed by atoms with Gasteiger partial charge in [-0.15, -0.1) is 0 Å². The van der Waals surface area contributed by atoms with Gasteiger partial charge in [-0.2, -0.15) is 4.37 Å². The SMILES string of the molecule is COc1ccc(CN(c2ncns2)S(=O)(=O)c2ccc3c(Br)cccc3c2)cc1. The first kappa shape index (κ1) is 19.8. The fraction of sp³-hybridized carbons (Fsp3) is 0.100. The summed E-state index contributed by atoms with van der Waals surface area (Å²) in [6.45, 7) is 0.137. The normalized spacial score (nSPS) is 11.5. The van der Waals surface area contributed by atoms with Crippen molar-refractivity contribution in [3.63, 3.8) is 0 Å². The molecule has 148 valence electrons. The number of aromatic nitrogens is 2. The average Bonchev–Trinajstić information content (AvgIpc) is 3.26. The summed E-state index contributed by atoms with van der Waals surface area (Å²) in [4.78, 5) is 4.34. The van der Waals surface area contributed by atoms with Gasteiger partial charge in [0.1, 0.15) is 12.1 Å². The zero-order valence-corrected chi connectivity index (χ0v) is 18.5. The first-order valence-electron chi connectivity index (χ1n) is 8.59. The summed E-state index contributed by atoms with van der Waals surface area (Å²) in [5, 5.41) is 2.10. The molecule has 1 aromatic heterocycles. The zero-order chi connectivity index (χ0) is 20.4. The van der Waals surface area contributed by atoms with Gasteiger partial charge in [0.05, 0.1) is 18.6 Å². The summed E-state index contributed by atoms with van der Waals surface area (Å²) in [5.74, 6) is 0.708. The largest absolute Gasteiger partial charge is 0.497 e. The minimum atomic E-state index is -3.85. The molecule has 0 N–H and O–H groups in total. The number of fused-ring (bicyclic) bond motifs is 1. The van der Waals surface area contributed by atoms with Crippen LogP contribution in [0.15, 0.2) is 76.4 Å². The lowest BCUT2D eigenvalue weighted by Gasteiger charge is -2.22. The van der Waals surface area contributed by atoms with E-state index >= 15 is 0 Å². The van der Waals surface area contributed by atoms with E-state index in [1.807, 2.05) is 30.3 Å². The highest BCUT2D eigenvalue weighted by Gasteiger charge is 2.28. The van der Waals surface area contributed by atoms with E-state index in [0.717, 1.165) is 32.3 Å². The zero-order valence-electron chi connectivity index (χ0n) is 15.3. The monoisotopic (exact) mass is 489 g/mol. The molecule has 0 aliphatic carbocycles. The van der Waals surface area contributed by atoms with Crippen LogP contribution >= 0.6 is 27.5 Å². The Bertz CT molecular complexity index is 1240. The van der Waals surface area contributed by atoms with Crippen molar-refractivity contribution in [2.45, 2.75) is 11.4 Å². The van der Waals surface area contributed by atoms with E-state index in [0.29, 0.717) is 10.9 Å². The predicted octanol–water partition coefficient (Wildman–Crippen LogP) is 4.86. The molecule has 4 rings (SSSR count). The van der Waals surface area contributed by atoms with Gasteiger partial charge in [-0.1, -0.05) is 46.3 Å². The molecule has 9 heteroatoms. The van der Waals surface area contributed by atoms with Crippen molar-refractivity contribution in [2.75, 3.05) is 11.4 Å². The number of ether oxygens (including phenoxy) is 1. The topological polar surface area (TPSA) is 72.4 Å². The van der Waals surface area contributed by atoms with Crippen molar-refractivity contribution in [3.05, 3.63) is 77.0 Å². The first-order valence-corrected chi connectivity index (χ1v) is 11.6. The van der Waals surface area contributed by atoms with Gasteiger partial charge in [0.15, 0.2) is 0 Å². The highest BCUT2D eigenvalue weighted by atomic mass is 79.9. The summed E-state index contributed by atoms with van der Waals surface area (Å²) in [7, 11) is -2.26. The third-order valence-corrected chi connectivity index (χ3v) is 7.66. The Labute approximate surface area is 181 Å². The maximum atomic E-state index is 13.5. The summed E-state index contributed by atoms with van der Waals surface area (Å²) in [6.07, 6.45) is 1.36. The quantitative estimate of drug-likeness (QED) is 0.386. The van der Waals surface area contributed by atoms with Gasteiger partial charge in [-0.25, -0.2) is 17.7 Å². The van der Waals surface area contributed by atoms with Crippen LogP contribution in [-0.2, 0) is 16.6 Å². The minimum absolute atomic E-state index is 0.137. The van der Waals surface area contributed by atoms with Gasteiger partial charge in [0.2, 0.25) is 5.13 Å². The molecular formula is C20H16BrN3O3S2. The molecule has 29 heavy (non-hydrogen) atoms. The van der Waals surface area contributed by atoms with Crippen LogP contribution in [0, 0.1) is 0 Å². The van der Waals surface area contributed by atoms with Crippen molar-refractivity contribution >= 4 is 53.4 Å². The van der Waals surface area contributed by atoms with E-state index in [1.54, 1.807) is 37.4 Å². The molecule has 0 aliphatic heterocycles. The van der Waals surface area contributed by atoms with Crippen LogP contribution in [-0.4, -0.2) is 24.9 Å². The molecule has 0 bridgehead atoms. The molecule has 0 amide bonds. The molecule has 3 aromatic carbocycles. The van der Waals surface area contributed by atoms with E-state index in [2.05, 4.69) is 25.3 Å². The molecule has 0 radical (unpaired) electrons. The molecule has 6 nitrogen and oxygen atoms in total. The van der Waals surface area contributed by atoms with Crippen LogP contribution in [0.1, 0.15) is 5.56 Å². The number of hydrogen-bond donors (Lipinski definition) is 0. The standard InChI is InChI=1S/C20H16BrN3O3S2/c1-27-16-7-5-14(6-8-16)12-24(20-22-13-23-28-20)29(25,26)17-9-10-18-15(11-17)3-2-4-19(18)21/h2-11,13H,12H2,1H3. The van der Waals surface area contributed by atoms with Gasteiger partial charge >= 0.3 is 0 Å². The summed E-state index contributed by atoms with van der Waals surface area (Å²) < 4.78 is 38.4. The number of halogens is 1. The number of hydrogen-bond acceptors (Lipinski definition) is 6. The fourth-order valence-electron chi connectivity index (χ4n) is 2.94. The van der Waals surface area contributed by atoms with Crippen LogP contribution < -0.4 is 9.04 Å². The second-order valence-electron chi connectivity index (χ2n) is 6.21. The first-order chi connectivity index (χ1) is 14.0. The molecule has 0 saturated heterocycles. The molecular weight excluding hydrogens is 474 g/mol. The van der Waals surface area contributed by atoms with Crippen LogP contribution in [0.5, 0.6) is 5.75 Å². The second kappa shape index (κ2) is 8.10. The molecule has 0 unspecified atom stereocenters. The summed E-state index contributed by atoms with van der Waals surface area (Å²) in [6, 6.07) is 18.1. The lowest BCUT2D eigenvalue weighted by Crippen LogP contribution is -2.30. The average molecular weight is 490 g/mol. The van der Waals surface area contributed by atoms with E-state index < -0.39 is 10.0 Å². The number of anilines is 1. The van der Waals surface area contributed by atoms with Crippen molar-refractivity contribution < 1.29 is 13.2 Å². The van der Waals surface area contributed by atoms with Crippen molar-refractivity contribution in [1.29, 1.82) is 0 Å². The Morgan fingerprint density at radius 1 is 1.10 bits per heavy atom. The summed E-state index contributed by atoms with van der Waals surface area (Å²) in [5.41, 5.74) is 0.813. The smallest absolute Gasteiger partial charge is 0.266 e. The molecule has 0 aliphatic rings. The molecule has 1 heterocycles.